The zero-order valence-corrected chi connectivity index (χ0v) is 11.0. The number of carbonyl (C=O) groups is 1. The molecule has 1 N–H and O–H groups in total. The largest absolute Gasteiger partial charge is 0.388 e. The maximum atomic E-state index is 12.3. The summed E-state index contributed by atoms with van der Waals surface area (Å²) in [4.78, 5) is 24.3. The van der Waals surface area contributed by atoms with Gasteiger partial charge in [0.2, 0.25) is 0 Å². The van der Waals surface area contributed by atoms with Gasteiger partial charge in [-0.05, 0) is 30.9 Å². The van der Waals surface area contributed by atoms with Crippen LogP contribution in [0.15, 0.2) is 18.2 Å². The van der Waals surface area contributed by atoms with E-state index in [0.29, 0.717) is 18.2 Å². The van der Waals surface area contributed by atoms with Crippen molar-refractivity contribution in [3.8, 4) is 0 Å². The third kappa shape index (κ3) is 3.01. The Bertz CT molecular complexity index is 512. The lowest BCUT2D eigenvalue weighted by Gasteiger charge is -2.17. The van der Waals surface area contributed by atoms with E-state index < -0.39 is 4.92 Å². The number of hydrogen-bond donors (Lipinski definition) is 1. The van der Waals surface area contributed by atoms with E-state index in [1.807, 2.05) is 0 Å². The van der Waals surface area contributed by atoms with E-state index in [9.17, 15) is 14.9 Å². The van der Waals surface area contributed by atoms with Crippen molar-refractivity contribution in [2.45, 2.75) is 12.8 Å². The molecule has 0 spiro atoms. The average Bonchev–Trinajstić information content (AvgIpc) is 3.20. The van der Waals surface area contributed by atoms with Crippen molar-refractivity contribution >= 4 is 17.3 Å². The van der Waals surface area contributed by atoms with Crippen LogP contribution in [0, 0.1) is 16.0 Å². The first-order chi connectivity index (χ1) is 9.02. The van der Waals surface area contributed by atoms with E-state index in [1.165, 1.54) is 12.1 Å². The summed E-state index contributed by atoms with van der Waals surface area (Å²) in [7, 11) is 3.40. The standard InChI is InChI=1S/C13H17N3O3/c1-14-10-5-6-12(16(18)19)11(7-10)13(17)15(2)8-9-3-4-9/h5-7,9,14H,3-4,8H2,1-2H3. The third-order valence-corrected chi connectivity index (χ3v) is 3.29. The minimum absolute atomic E-state index is 0.139. The molecule has 1 saturated carbocycles. The Hall–Kier alpha value is -2.11. The zero-order chi connectivity index (χ0) is 14.0. The Morgan fingerprint density at radius 3 is 2.74 bits per heavy atom. The summed E-state index contributed by atoms with van der Waals surface area (Å²) in [6.07, 6.45) is 2.27. The molecule has 0 aromatic heterocycles. The number of nitrogens with one attached hydrogen (secondary N) is 1. The third-order valence-electron chi connectivity index (χ3n) is 3.29. The van der Waals surface area contributed by atoms with Crippen LogP contribution < -0.4 is 5.32 Å². The Morgan fingerprint density at radius 2 is 2.21 bits per heavy atom. The van der Waals surface area contributed by atoms with Crippen molar-refractivity contribution in [3.05, 3.63) is 33.9 Å². The highest BCUT2D eigenvalue weighted by atomic mass is 16.6. The van der Waals surface area contributed by atoms with Gasteiger partial charge in [0, 0.05) is 32.4 Å². The van der Waals surface area contributed by atoms with Crippen LogP contribution in [-0.2, 0) is 0 Å². The zero-order valence-electron chi connectivity index (χ0n) is 11.0. The highest BCUT2D eigenvalue weighted by Gasteiger charge is 2.28. The molecule has 1 aromatic rings. The summed E-state index contributed by atoms with van der Waals surface area (Å²) in [6, 6.07) is 4.49. The second kappa shape index (κ2) is 5.26. The number of amides is 1. The highest BCUT2D eigenvalue weighted by Crippen LogP contribution is 2.30. The quantitative estimate of drug-likeness (QED) is 0.652. The van der Waals surface area contributed by atoms with E-state index in [1.54, 1.807) is 25.1 Å². The molecule has 0 unspecified atom stereocenters. The van der Waals surface area contributed by atoms with Crippen molar-refractivity contribution in [2.24, 2.45) is 5.92 Å². The van der Waals surface area contributed by atoms with Crippen molar-refractivity contribution < 1.29 is 9.72 Å². The molecule has 1 aromatic carbocycles. The summed E-state index contributed by atoms with van der Waals surface area (Å²) in [6.45, 7) is 0.666. The fourth-order valence-electron chi connectivity index (χ4n) is 2.00. The van der Waals surface area contributed by atoms with Crippen LogP contribution in [0.25, 0.3) is 0 Å². The van der Waals surface area contributed by atoms with Gasteiger partial charge in [0.25, 0.3) is 11.6 Å². The van der Waals surface area contributed by atoms with Gasteiger partial charge in [0.05, 0.1) is 4.92 Å². The Balaban J connectivity index is 2.28. The molecule has 1 aliphatic carbocycles. The minimum atomic E-state index is -0.516. The molecule has 1 amide bonds. The Morgan fingerprint density at radius 1 is 1.53 bits per heavy atom. The van der Waals surface area contributed by atoms with Crippen LogP contribution in [0.3, 0.4) is 0 Å². The summed E-state index contributed by atoms with van der Waals surface area (Å²) >= 11 is 0. The van der Waals surface area contributed by atoms with Gasteiger partial charge in [-0.15, -0.1) is 0 Å². The number of hydrogen-bond acceptors (Lipinski definition) is 4. The van der Waals surface area contributed by atoms with Crippen LogP contribution in [0.4, 0.5) is 11.4 Å². The molecule has 6 heteroatoms. The number of nitro groups is 1. The molecule has 1 aliphatic rings. The Kier molecular flexibility index (Phi) is 3.69. The molecule has 0 heterocycles. The molecule has 1 fully saturated rings. The fourth-order valence-corrected chi connectivity index (χ4v) is 2.00. The number of rotatable bonds is 5. The monoisotopic (exact) mass is 263 g/mol. The smallest absolute Gasteiger partial charge is 0.282 e. The first-order valence-corrected chi connectivity index (χ1v) is 6.24. The number of anilines is 1. The van der Waals surface area contributed by atoms with Gasteiger partial charge in [-0.3, -0.25) is 14.9 Å². The first-order valence-electron chi connectivity index (χ1n) is 6.24. The number of carbonyl (C=O) groups excluding carboxylic acids is 1. The lowest BCUT2D eigenvalue weighted by molar-refractivity contribution is -0.385. The topological polar surface area (TPSA) is 75.5 Å². The molecule has 0 bridgehead atoms. The van der Waals surface area contributed by atoms with Crippen molar-refractivity contribution in [2.75, 3.05) is 26.0 Å². The first kappa shape index (κ1) is 13.3. The molecule has 0 saturated heterocycles. The summed E-state index contributed by atoms with van der Waals surface area (Å²) in [5.74, 6) is 0.260. The lowest BCUT2D eigenvalue weighted by atomic mass is 10.1. The van der Waals surface area contributed by atoms with Gasteiger partial charge in [-0.25, -0.2) is 0 Å². The van der Waals surface area contributed by atoms with Crippen LogP contribution in [0.2, 0.25) is 0 Å². The summed E-state index contributed by atoms with van der Waals surface area (Å²) < 4.78 is 0. The maximum absolute atomic E-state index is 12.3. The molecule has 6 nitrogen and oxygen atoms in total. The molecular formula is C13H17N3O3. The highest BCUT2D eigenvalue weighted by molar-refractivity contribution is 5.99. The number of nitro benzene ring substituents is 1. The van der Waals surface area contributed by atoms with Crippen molar-refractivity contribution in [3.63, 3.8) is 0 Å². The van der Waals surface area contributed by atoms with Gasteiger partial charge in [-0.2, -0.15) is 0 Å². The minimum Gasteiger partial charge on any atom is -0.388 e. The summed E-state index contributed by atoms with van der Waals surface area (Å²) in [5, 5.41) is 13.9. The van der Waals surface area contributed by atoms with Crippen LogP contribution in [0.1, 0.15) is 23.2 Å². The predicted octanol–water partition coefficient (Wildman–Crippen LogP) is 2.12. The number of nitrogens with zero attached hydrogens (tertiary/aromatic N) is 2. The van der Waals surface area contributed by atoms with E-state index in [-0.39, 0.29) is 17.2 Å². The molecule has 0 atom stereocenters. The van der Waals surface area contributed by atoms with E-state index in [0.717, 1.165) is 12.8 Å². The molecule has 2 rings (SSSR count). The van der Waals surface area contributed by atoms with E-state index in [2.05, 4.69) is 5.32 Å². The summed E-state index contributed by atoms with van der Waals surface area (Å²) in [5.41, 5.74) is 0.681. The van der Waals surface area contributed by atoms with Gasteiger partial charge in [0.1, 0.15) is 5.56 Å². The van der Waals surface area contributed by atoms with Gasteiger partial charge >= 0.3 is 0 Å². The molecule has 0 radical (unpaired) electrons. The van der Waals surface area contributed by atoms with Gasteiger partial charge in [-0.1, -0.05) is 0 Å². The normalized spacial score (nSPS) is 14.0. The molecule has 0 aliphatic heterocycles. The second-order valence-corrected chi connectivity index (χ2v) is 4.87. The average molecular weight is 263 g/mol. The van der Waals surface area contributed by atoms with Crippen LogP contribution in [-0.4, -0.2) is 36.4 Å². The van der Waals surface area contributed by atoms with Crippen molar-refractivity contribution in [1.82, 2.24) is 4.90 Å². The fraction of sp³-hybridized carbons (Fsp3) is 0.462. The molecular weight excluding hydrogens is 246 g/mol. The van der Waals surface area contributed by atoms with Crippen LogP contribution >= 0.6 is 0 Å². The SMILES string of the molecule is CNc1ccc([N+](=O)[O-])c(C(=O)N(C)CC2CC2)c1. The Labute approximate surface area is 111 Å². The second-order valence-electron chi connectivity index (χ2n) is 4.87. The molecule has 102 valence electrons. The lowest BCUT2D eigenvalue weighted by Crippen LogP contribution is -2.29. The van der Waals surface area contributed by atoms with Crippen LogP contribution in [0.5, 0.6) is 0 Å². The van der Waals surface area contributed by atoms with Gasteiger partial charge < -0.3 is 10.2 Å². The van der Waals surface area contributed by atoms with E-state index in [4.69, 9.17) is 0 Å². The van der Waals surface area contributed by atoms with Crippen molar-refractivity contribution in [1.29, 1.82) is 0 Å². The van der Waals surface area contributed by atoms with Gasteiger partial charge in [0.15, 0.2) is 0 Å². The predicted molar refractivity (Wildman–Crippen MR) is 72.3 cm³/mol. The maximum Gasteiger partial charge on any atom is 0.282 e. The molecule has 19 heavy (non-hydrogen) atoms. The number of benzene rings is 1. The van der Waals surface area contributed by atoms with E-state index >= 15 is 0 Å².